The molecule has 24 heavy (non-hydrogen) atoms. The molecule has 2 rings (SSSR count). The van der Waals surface area contributed by atoms with Crippen molar-refractivity contribution in [3.63, 3.8) is 0 Å². The van der Waals surface area contributed by atoms with Crippen LogP contribution in [0.4, 0.5) is 0 Å². The standard InChI is InChI=1S/C16H25NO5S2/c1-4-5-8-17-14-10-23(18,19)11-16(14)24(20,21)13-6-7-15(22-3)12(2)9-13/h6-7,9,14,16-17H,4-5,8,10-11H2,1-3H3/t14-,16-/m0/s1. The number of sulfone groups is 2. The first-order valence-electron chi connectivity index (χ1n) is 8.03. The highest BCUT2D eigenvalue weighted by Crippen LogP contribution is 2.29. The first kappa shape index (κ1) is 19.2. The van der Waals surface area contributed by atoms with Crippen LogP contribution < -0.4 is 10.1 Å². The van der Waals surface area contributed by atoms with Crippen molar-refractivity contribution in [2.75, 3.05) is 25.2 Å². The van der Waals surface area contributed by atoms with Crippen LogP contribution in [0.1, 0.15) is 25.3 Å². The maximum absolute atomic E-state index is 13.0. The molecule has 2 atom stereocenters. The normalized spacial score (nSPS) is 23.3. The van der Waals surface area contributed by atoms with E-state index in [0.29, 0.717) is 17.9 Å². The van der Waals surface area contributed by atoms with Crippen molar-refractivity contribution < 1.29 is 21.6 Å². The smallest absolute Gasteiger partial charge is 0.183 e. The fourth-order valence-electron chi connectivity index (χ4n) is 2.98. The highest BCUT2D eigenvalue weighted by Gasteiger charge is 2.45. The van der Waals surface area contributed by atoms with Crippen molar-refractivity contribution in [2.24, 2.45) is 0 Å². The molecule has 8 heteroatoms. The Bertz CT molecular complexity index is 787. The third-order valence-electron chi connectivity index (χ3n) is 4.33. The molecule has 1 aromatic carbocycles. The zero-order valence-electron chi connectivity index (χ0n) is 14.3. The van der Waals surface area contributed by atoms with Crippen molar-refractivity contribution in [3.05, 3.63) is 23.8 Å². The van der Waals surface area contributed by atoms with Gasteiger partial charge in [0.05, 0.1) is 28.8 Å². The highest BCUT2D eigenvalue weighted by molar-refractivity contribution is 7.96. The van der Waals surface area contributed by atoms with Crippen LogP contribution in [0, 0.1) is 6.92 Å². The van der Waals surface area contributed by atoms with Crippen LogP contribution in [0.2, 0.25) is 0 Å². The summed E-state index contributed by atoms with van der Waals surface area (Å²) in [5, 5.41) is 2.17. The van der Waals surface area contributed by atoms with E-state index in [9.17, 15) is 16.8 Å². The Morgan fingerprint density at radius 3 is 2.58 bits per heavy atom. The monoisotopic (exact) mass is 375 g/mol. The lowest BCUT2D eigenvalue weighted by atomic mass is 10.2. The van der Waals surface area contributed by atoms with E-state index in [1.807, 2.05) is 6.92 Å². The Hall–Kier alpha value is -1.12. The van der Waals surface area contributed by atoms with Gasteiger partial charge in [0.2, 0.25) is 0 Å². The van der Waals surface area contributed by atoms with Crippen LogP contribution in [-0.2, 0) is 19.7 Å². The SMILES string of the molecule is CCCCN[C@H]1CS(=O)(=O)C[C@@H]1S(=O)(=O)c1ccc(OC)c(C)c1. The van der Waals surface area contributed by atoms with Gasteiger partial charge in [0.25, 0.3) is 0 Å². The van der Waals surface area contributed by atoms with Crippen LogP contribution in [0.3, 0.4) is 0 Å². The van der Waals surface area contributed by atoms with Crippen molar-refractivity contribution in [3.8, 4) is 5.75 Å². The molecule has 1 heterocycles. The minimum atomic E-state index is -3.74. The molecule has 1 aliphatic rings. The van der Waals surface area contributed by atoms with E-state index in [0.717, 1.165) is 12.8 Å². The van der Waals surface area contributed by atoms with Gasteiger partial charge in [0.15, 0.2) is 19.7 Å². The van der Waals surface area contributed by atoms with Crippen LogP contribution in [0.25, 0.3) is 0 Å². The maximum Gasteiger partial charge on any atom is 0.183 e. The summed E-state index contributed by atoms with van der Waals surface area (Å²) in [7, 11) is -5.58. The summed E-state index contributed by atoms with van der Waals surface area (Å²) in [4.78, 5) is 0.144. The lowest BCUT2D eigenvalue weighted by Gasteiger charge is -2.20. The molecule has 1 saturated heterocycles. The van der Waals surface area contributed by atoms with E-state index in [4.69, 9.17) is 4.74 Å². The molecule has 0 amide bonds. The Morgan fingerprint density at radius 1 is 1.29 bits per heavy atom. The van der Waals surface area contributed by atoms with E-state index in [2.05, 4.69) is 5.32 Å². The van der Waals surface area contributed by atoms with Gasteiger partial charge < -0.3 is 10.1 Å². The molecule has 0 bridgehead atoms. The summed E-state index contributed by atoms with van der Waals surface area (Å²) in [5.41, 5.74) is 0.704. The van der Waals surface area contributed by atoms with Crippen LogP contribution >= 0.6 is 0 Å². The number of aryl methyl sites for hydroxylation is 1. The predicted molar refractivity (Wildman–Crippen MR) is 94.1 cm³/mol. The van der Waals surface area contributed by atoms with Crippen molar-refractivity contribution in [2.45, 2.75) is 42.9 Å². The molecule has 1 fully saturated rings. The Labute approximate surface area is 144 Å². The number of benzene rings is 1. The summed E-state index contributed by atoms with van der Waals surface area (Å²) < 4.78 is 55.1. The molecular formula is C16H25NO5S2. The van der Waals surface area contributed by atoms with Gasteiger partial charge in [0.1, 0.15) is 5.75 Å². The zero-order chi connectivity index (χ0) is 18.0. The average molecular weight is 376 g/mol. The number of hydrogen-bond donors (Lipinski definition) is 1. The topological polar surface area (TPSA) is 89.5 Å². The molecule has 6 nitrogen and oxygen atoms in total. The van der Waals surface area contributed by atoms with Crippen molar-refractivity contribution in [1.29, 1.82) is 0 Å². The molecule has 0 aromatic heterocycles. The largest absolute Gasteiger partial charge is 0.496 e. The van der Waals surface area contributed by atoms with Crippen LogP contribution in [0.5, 0.6) is 5.75 Å². The van der Waals surface area contributed by atoms with Gasteiger partial charge in [-0.15, -0.1) is 0 Å². The fourth-order valence-corrected chi connectivity index (χ4v) is 7.78. The molecule has 1 aromatic rings. The summed E-state index contributed by atoms with van der Waals surface area (Å²) in [6.07, 6.45) is 1.84. The van der Waals surface area contributed by atoms with Gasteiger partial charge in [-0.25, -0.2) is 16.8 Å². The van der Waals surface area contributed by atoms with Gasteiger partial charge >= 0.3 is 0 Å². The lowest BCUT2D eigenvalue weighted by Crippen LogP contribution is -2.43. The third kappa shape index (κ3) is 4.10. The third-order valence-corrected chi connectivity index (χ3v) is 8.48. The van der Waals surface area contributed by atoms with Gasteiger partial charge in [0, 0.05) is 6.04 Å². The van der Waals surface area contributed by atoms with E-state index in [-0.39, 0.29) is 16.4 Å². The minimum Gasteiger partial charge on any atom is -0.496 e. The van der Waals surface area contributed by atoms with Gasteiger partial charge in [-0.3, -0.25) is 0 Å². The summed E-state index contributed by atoms with van der Waals surface area (Å²) in [5.74, 6) is 0.144. The highest BCUT2D eigenvalue weighted by atomic mass is 32.2. The number of ether oxygens (including phenoxy) is 1. The molecule has 1 aliphatic heterocycles. The molecule has 0 unspecified atom stereocenters. The lowest BCUT2D eigenvalue weighted by molar-refractivity contribution is 0.411. The first-order valence-corrected chi connectivity index (χ1v) is 11.4. The van der Waals surface area contributed by atoms with Crippen LogP contribution in [0.15, 0.2) is 23.1 Å². The minimum absolute atomic E-state index is 0.129. The van der Waals surface area contributed by atoms with Gasteiger partial charge in [-0.2, -0.15) is 0 Å². The van der Waals surface area contributed by atoms with Crippen molar-refractivity contribution in [1.82, 2.24) is 5.32 Å². The molecule has 0 saturated carbocycles. The van der Waals surface area contributed by atoms with Gasteiger partial charge in [-0.05, 0) is 43.7 Å². The molecule has 0 aliphatic carbocycles. The Balaban J connectivity index is 2.33. The van der Waals surface area contributed by atoms with Crippen molar-refractivity contribution >= 4 is 19.7 Å². The number of unbranched alkanes of at least 4 members (excludes halogenated alkanes) is 1. The Kier molecular flexibility index (Phi) is 5.93. The van der Waals surface area contributed by atoms with E-state index < -0.39 is 31.0 Å². The molecule has 136 valence electrons. The maximum atomic E-state index is 13.0. The molecule has 0 spiro atoms. The van der Waals surface area contributed by atoms with E-state index >= 15 is 0 Å². The predicted octanol–water partition coefficient (Wildman–Crippen LogP) is 1.33. The second kappa shape index (κ2) is 7.41. The summed E-state index contributed by atoms with van der Waals surface area (Å²) in [6, 6.07) is 4.07. The second-order valence-electron chi connectivity index (χ2n) is 6.21. The summed E-state index contributed by atoms with van der Waals surface area (Å²) in [6.45, 7) is 4.41. The number of methoxy groups -OCH3 is 1. The zero-order valence-corrected chi connectivity index (χ0v) is 15.9. The summed E-state index contributed by atoms with van der Waals surface area (Å²) >= 11 is 0. The second-order valence-corrected chi connectivity index (χ2v) is 10.5. The van der Waals surface area contributed by atoms with E-state index in [1.165, 1.54) is 13.2 Å². The average Bonchev–Trinajstić information content (AvgIpc) is 2.83. The molecule has 0 radical (unpaired) electrons. The number of hydrogen-bond acceptors (Lipinski definition) is 6. The Morgan fingerprint density at radius 2 is 2.00 bits per heavy atom. The number of rotatable bonds is 7. The van der Waals surface area contributed by atoms with E-state index in [1.54, 1.807) is 19.1 Å². The van der Waals surface area contributed by atoms with Gasteiger partial charge in [-0.1, -0.05) is 13.3 Å². The quantitative estimate of drug-likeness (QED) is 0.723. The molecule has 1 N–H and O–H groups in total. The van der Waals surface area contributed by atoms with Crippen LogP contribution in [-0.4, -0.2) is 53.3 Å². The molecular weight excluding hydrogens is 350 g/mol. The first-order chi connectivity index (χ1) is 11.2. The number of nitrogens with one attached hydrogen (secondary N) is 1. The fraction of sp³-hybridized carbons (Fsp3) is 0.625.